The van der Waals surface area contributed by atoms with Gasteiger partial charge in [0, 0.05) is 13.7 Å². The quantitative estimate of drug-likeness (QED) is 0.711. The van der Waals surface area contributed by atoms with Crippen LogP contribution in [0.5, 0.6) is 5.88 Å². The first-order valence-electron chi connectivity index (χ1n) is 9.89. The minimum absolute atomic E-state index is 0.172. The first kappa shape index (κ1) is 19.4. The molecule has 1 aromatic rings. The third-order valence-corrected chi connectivity index (χ3v) is 5.85. The smallest absolute Gasteiger partial charge is 0.282 e. The molecule has 28 heavy (non-hydrogen) atoms. The van der Waals surface area contributed by atoms with Gasteiger partial charge in [-0.05, 0) is 50.7 Å². The maximum Gasteiger partial charge on any atom is 0.282 e. The first-order chi connectivity index (χ1) is 13.3. The Hall–Kier alpha value is -1.96. The normalized spacial score (nSPS) is 26.3. The summed E-state index contributed by atoms with van der Waals surface area (Å²) in [6.45, 7) is 2.94. The number of amides is 1. The van der Waals surface area contributed by atoms with E-state index in [9.17, 15) is 13.6 Å². The fraction of sp³-hybridized carbons (Fsp3) is 0.700. The molecule has 1 unspecified atom stereocenters. The lowest BCUT2D eigenvalue weighted by atomic mass is 10.00. The predicted octanol–water partition coefficient (Wildman–Crippen LogP) is 2.97. The Kier molecular flexibility index (Phi) is 4.93. The minimum atomic E-state index is -2.68. The van der Waals surface area contributed by atoms with Gasteiger partial charge in [-0.3, -0.25) is 4.79 Å². The van der Waals surface area contributed by atoms with Crippen LogP contribution >= 0.6 is 0 Å². The average Bonchev–Trinajstić information content (AvgIpc) is 3.38. The zero-order valence-corrected chi connectivity index (χ0v) is 16.4. The number of carbonyl (C=O) groups is 1. The van der Waals surface area contributed by atoms with Gasteiger partial charge in [0.1, 0.15) is 11.4 Å². The predicted molar refractivity (Wildman–Crippen MR) is 100 cm³/mol. The second kappa shape index (κ2) is 7.13. The zero-order chi connectivity index (χ0) is 19.9. The lowest BCUT2D eigenvalue weighted by Gasteiger charge is -2.40. The van der Waals surface area contributed by atoms with E-state index in [1.54, 1.807) is 29.0 Å². The van der Waals surface area contributed by atoms with Crippen LogP contribution in [0.25, 0.3) is 0 Å². The van der Waals surface area contributed by atoms with Crippen molar-refractivity contribution in [2.24, 2.45) is 5.92 Å². The van der Waals surface area contributed by atoms with Gasteiger partial charge in [-0.15, -0.1) is 0 Å². The van der Waals surface area contributed by atoms with Crippen molar-refractivity contribution in [3.63, 3.8) is 0 Å². The molecule has 1 atom stereocenters. The summed E-state index contributed by atoms with van der Waals surface area (Å²) in [4.78, 5) is 20.9. The number of nitrogens with zero attached hydrogens (tertiary/aromatic N) is 3. The minimum Gasteiger partial charge on any atom is -0.476 e. The molecule has 3 heterocycles. The van der Waals surface area contributed by atoms with E-state index in [2.05, 4.69) is 4.98 Å². The number of carbonyl (C=O) groups excluding carboxylic acids is 1. The van der Waals surface area contributed by atoms with Crippen molar-refractivity contribution in [3.8, 4) is 5.88 Å². The maximum atomic E-state index is 13.3. The Bertz CT molecular complexity index is 748. The second-order valence-corrected chi connectivity index (χ2v) is 8.48. The van der Waals surface area contributed by atoms with E-state index in [1.807, 2.05) is 6.92 Å². The van der Waals surface area contributed by atoms with Crippen molar-refractivity contribution in [3.05, 3.63) is 17.8 Å². The van der Waals surface area contributed by atoms with Gasteiger partial charge in [0.15, 0.2) is 0 Å². The van der Waals surface area contributed by atoms with Crippen molar-refractivity contribution < 1.29 is 23.0 Å². The summed E-state index contributed by atoms with van der Waals surface area (Å²) in [5.41, 5.74) is 0.455. The van der Waals surface area contributed by atoms with Gasteiger partial charge in [0.25, 0.3) is 11.8 Å². The van der Waals surface area contributed by atoms with Gasteiger partial charge in [-0.25, -0.2) is 13.8 Å². The van der Waals surface area contributed by atoms with E-state index >= 15 is 0 Å². The number of rotatable bonds is 7. The number of alkyl halides is 2. The van der Waals surface area contributed by atoms with Crippen molar-refractivity contribution in [1.29, 1.82) is 0 Å². The van der Waals surface area contributed by atoms with E-state index < -0.39 is 5.92 Å². The molecule has 0 radical (unpaired) electrons. The maximum absolute atomic E-state index is 13.3. The summed E-state index contributed by atoms with van der Waals surface area (Å²) < 4.78 is 37.8. The number of hydrogen-bond donors (Lipinski definition) is 0. The highest BCUT2D eigenvalue weighted by molar-refractivity contribution is 5.93. The molecule has 3 fully saturated rings. The molecular formula is C20H27F2N3O3. The van der Waals surface area contributed by atoms with Gasteiger partial charge in [0.05, 0.1) is 31.8 Å². The highest BCUT2D eigenvalue weighted by Crippen LogP contribution is 2.38. The number of pyridine rings is 1. The van der Waals surface area contributed by atoms with Crippen molar-refractivity contribution in [2.45, 2.75) is 44.1 Å². The zero-order valence-electron chi connectivity index (χ0n) is 16.4. The summed E-state index contributed by atoms with van der Waals surface area (Å²) in [7, 11) is 1.63. The molecule has 1 aromatic heterocycles. The molecule has 0 N–H and O–H groups in total. The summed E-state index contributed by atoms with van der Waals surface area (Å²) >= 11 is 0. The molecule has 8 heteroatoms. The standard InChI is InChI=1S/C20H27F2N3O3/c1-19(13-27-2)8-3-9-25(19)18(26)15-6-7-16(24-11-20(21,22)12-24)17(23-15)28-10-14-4-5-14/h6-7,14H,3-5,8-13H2,1-2H3. The first-order valence-corrected chi connectivity index (χ1v) is 9.89. The highest BCUT2D eigenvalue weighted by atomic mass is 19.3. The van der Waals surface area contributed by atoms with Crippen LogP contribution in [0.1, 0.15) is 43.1 Å². The van der Waals surface area contributed by atoms with Crippen molar-refractivity contribution in [2.75, 3.05) is 44.9 Å². The molecule has 1 amide bonds. The summed E-state index contributed by atoms with van der Waals surface area (Å²) in [6, 6.07) is 3.30. The van der Waals surface area contributed by atoms with E-state index in [0.29, 0.717) is 31.4 Å². The summed E-state index contributed by atoms with van der Waals surface area (Å²) in [5.74, 6) is -2.08. The third kappa shape index (κ3) is 3.79. The average molecular weight is 395 g/mol. The number of likely N-dealkylation sites (tertiary alicyclic amines) is 1. The topological polar surface area (TPSA) is 54.9 Å². The molecule has 0 aromatic carbocycles. The Morgan fingerprint density at radius 1 is 1.32 bits per heavy atom. The third-order valence-electron chi connectivity index (χ3n) is 5.85. The molecule has 1 aliphatic carbocycles. The van der Waals surface area contributed by atoms with Gasteiger partial charge in [0.2, 0.25) is 5.88 Å². The molecule has 154 valence electrons. The number of anilines is 1. The molecule has 3 aliphatic rings. The number of aromatic nitrogens is 1. The molecule has 4 rings (SSSR count). The Labute approximate surface area is 163 Å². The number of methoxy groups -OCH3 is 1. The molecule has 0 spiro atoms. The molecular weight excluding hydrogens is 368 g/mol. The van der Waals surface area contributed by atoms with Gasteiger partial charge < -0.3 is 19.3 Å². The van der Waals surface area contributed by atoms with Gasteiger partial charge in [-0.2, -0.15) is 0 Å². The van der Waals surface area contributed by atoms with Crippen molar-refractivity contribution >= 4 is 11.6 Å². The largest absolute Gasteiger partial charge is 0.476 e. The van der Waals surface area contributed by atoms with Crippen LogP contribution in [0.15, 0.2) is 12.1 Å². The monoisotopic (exact) mass is 395 g/mol. The van der Waals surface area contributed by atoms with Crippen LogP contribution in [0.4, 0.5) is 14.5 Å². The van der Waals surface area contributed by atoms with Crippen LogP contribution in [0, 0.1) is 5.92 Å². The number of hydrogen-bond acceptors (Lipinski definition) is 5. The summed E-state index contributed by atoms with van der Waals surface area (Å²) in [5, 5.41) is 0. The van der Waals surface area contributed by atoms with Crippen molar-refractivity contribution in [1.82, 2.24) is 9.88 Å². The Morgan fingerprint density at radius 2 is 2.07 bits per heavy atom. The molecule has 1 saturated carbocycles. The van der Waals surface area contributed by atoms with Crippen LogP contribution in [0.2, 0.25) is 0 Å². The molecule has 2 aliphatic heterocycles. The van der Waals surface area contributed by atoms with E-state index in [1.165, 1.54) is 0 Å². The van der Waals surface area contributed by atoms with Crippen LogP contribution in [-0.2, 0) is 4.74 Å². The van der Waals surface area contributed by atoms with Gasteiger partial charge >= 0.3 is 0 Å². The van der Waals surface area contributed by atoms with Crippen LogP contribution in [-0.4, -0.2) is 67.2 Å². The highest BCUT2D eigenvalue weighted by Gasteiger charge is 2.45. The van der Waals surface area contributed by atoms with Gasteiger partial charge in [-0.1, -0.05) is 0 Å². The van der Waals surface area contributed by atoms with Crippen LogP contribution in [0.3, 0.4) is 0 Å². The molecule has 6 nitrogen and oxygen atoms in total. The molecule has 0 bridgehead atoms. The number of halogens is 2. The summed E-state index contributed by atoms with van der Waals surface area (Å²) in [6.07, 6.45) is 4.01. The lowest BCUT2D eigenvalue weighted by molar-refractivity contribution is -0.0265. The SMILES string of the molecule is COCC1(C)CCCN1C(=O)c1ccc(N2CC(F)(F)C2)c(OCC2CC2)n1. The fourth-order valence-electron chi connectivity index (χ4n) is 4.03. The van der Waals surface area contributed by atoms with E-state index in [4.69, 9.17) is 9.47 Å². The van der Waals surface area contributed by atoms with E-state index in [-0.39, 0.29) is 36.1 Å². The van der Waals surface area contributed by atoms with E-state index in [0.717, 1.165) is 25.7 Å². The lowest BCUT2D eigenvalue weighted by Crippen LogP contribution is -2.56. The van der Waals surface area contributed by atoms with Crippen LogP contribution < -0.4 is 9.64 Å². The Balaban J connectivity index is 1.56. The second-order valence-electron chi connectivity index (χ2n) is 8.48. The Morgan fingerprint density at radius 3 is 2.71 bits per heavy atom. The fourth-order valence-corrected chi connectivity index (χ4v) is 4.03. The molecule has 2 saturated heterocycles. The number of ether oxygens (including phenoxy) is 2.